The van der Waals surface area contributed by atoms with Crippen LogP contribution >= 0.6 is 0 Å². The summed E-state index contributed by atoms with van der Waals surface area (Å²) in [7, 11) is 0. The fourth-order valence-corrected chi connectivity index (χ4v) is 2.24. The van der Waals surface area contributed by atoms with Gasteiger partial charge in [-0.2, -0.15) is 0 Å². The second kappa shape index (κ2) is 4.97. The minimum atomic E-state index is -0.136. The molecular formula is C12H23NO2. The van der Waals surface area contributed by atoms with E-state index in [9.17, 15) is 4.79 Å². The third-order valence-electron chi connectivity index (χ3n) is 2.96. The lowest BCUT2D eigenvalue weighted by atomic mass is 10.0. The van der Waals surface area contributed by atoms with Crippen LogP contribution in [-0.2, 0) is 9.53 Å². The molecule has 1 saturated heterocycles. The first kappa shape index (κ1) is 12.5. The van der Waals surface area contributed by atoms with Crippen molar-refractivity contribution < 1.29 is 9.53 Å². The highest BCUT2D eigenvalue weighted by molar-refractivity contribution is 5.74. The summed E-state index contributed by atoms with van der Waals surface area (Å²) in [5.41, 5.74) is -0.136. The van der Waals surface area contributed by atoms with Gasteiger partial charge in [-0.15, -0.1) is 0 Å². The maximum Gasteiger partial charge on any atom is 0.222 e. The zero-order chi connectivity index (χ0) is 11.5. The summed E-state index contributed by atoms with van der Waals surface area (Å²) in [6.45, 7) is 8.59. The molecule has 0 spiro atoms. The molecule has 1 rings (SSSR count). The average molecular weight is 213 g/mol. The van der Waals surface area contributed by atoms with Gasteiger partial charge in [0.2, 0.25) is 5.91 Å². The average Bonchev–Trinajstić information content (AvgIpc) is 2.42. The summed E-state index contributed by atoms with van der Waals surface area (Å²) in [6.07, 6.45) is 4.53. The van der Waals surface area contributed by atoms with E-state index in [0.717, 1.165) is 12.8 Å². The fraction of sp³-hybridized carbons (Fsp3) is 0.917. The van der Waals surface area contributed by atoms with Crippen LogP contribution in [0.25, 0.3) is 0 Å². The highest BCUT2D eigenvalue weighted by Crippen LogP contribution is 2.29. The van der Waals surface area contributed by atoms with Crippen molar-refractivity contribution in [3.05, 3.63) is 0 Å². The zero-order valence-corrected chi connectivity index (χ0v) is 10.4. The molecule has 3 heteroatoms. The van der Waals surface area contributed by atoms with E-state index in [2.05, 4.69) is 20.8 Å². The number of carbonyl (C=O) groups excluding carboxylic acids is 1. The molecule has 1 aliphatic rings. The molecule has 88 valence electrons. The van der Waals surface area contributed by atoms with Crippen LogP contribution in [0.4, 0.5) is 0 Å². The van der Waals surface area contributed by atoms with Crippen LogP contribution in [0.15, 0.2) is 0 Å². The van der Waals surface area contributed by atoms with Gasteiger partial charge in [-0.25, -0.2) is 0 Å². The van der Waals surface area contributed by atoms with Crippen molar-refractivity contribution in [2.24, 2.45) is 0 Å². The summed E-state index contributed by atoms with van der Waals surface area (Å²) in [6, 6.07) is 0. The number of carbonyl (C=O) groups is 1. The second-order valence-electron chi connectivity index (χ2n) is 4.96. The minimum Gasteiger partial charge on any atom is -0.356 e. The van der Waals surface area contributed by atoms with Crippen molar-refractivity contribution in [2.75, 3.05) is 6.61 Å². The van der Waals surface area contributed by atoms with Crippen LogP contribution in [0.1, 0.15) is 53.4 Å². The Morgan fingerprint density at radius 2 is 2.13 bits per heavy atom. The lowest BCUT2D eigenvalue weighted by molar-refractivity contribution is -0.137. The van der Waals surface area contributed by atoms with Crippen LogP contribution < -0.4 is 0 Å². The molecule has 0 radical (unpaired) electrons. The molecule has 0 bridgehead atoms. The van der Waals surface area contributed by atoms with Gasteiger partial charge in [0.15, 0.2) is 0 Å². The predicted octanol–water partition coefficient (Wildman–Crippen LogP) is 2.55. The summed E-state index contributed by atoms with van der Waals surface area (Å²) in [4.78, 5) is 13.4. The lowest BCUT2D eigenvalue weighted by Crippen LogP contribution is -2.47. The highest BCUT2D eigenvalue weighted by atomic mass is 16.5. The fourth-order valence-electron chi connectivity index (χ4n) is 2.24. The molecule has 1 aliphatic heterocycles. The van der Waals surface area contributed by atoms with Gasteiger partial charge in [0.25, 0.3) is 0 Å². The van der Waals surface area contributed by atoms with Gasteiger partial charge in [-0.05, 0) is 26.7 Å². The molecule has 0 aromatic rings. The van der Waals surface area contributed by atoms with Crippen molar-refractivity contribution in [3.8, 4) is 0 Å². The molecule has 1 heterocycles. The SMILES string of the molecule is CCCCCC1OCC(C)(C)N1C(C)=O. The van der Waals surface area contributed by atoms with Gasteiger partial charge < -0.3 is 9.64 Å². The summed E-state index contributed by atoms with van der Waals surface area (Å²) in [5.74, 6) is 0.124. The smallest absolute Gasteiger partial charge is 0.222 e. The Balaban J connectivity index is 2.54. The van der Waals surface area contributed by atoms with Crippen LogP contribution in [0, 0.1) is 0 Å². The Hall–Kier alpha value is -0.570. The minimum absolute atomic E-state index is 0.00375. The molecule has 3 nitrogen and oxygen atoms in total. The summed E-state index contributed by atoms with van der Waals surface area (Å²) >= 11 is 0. The van der Waals surface area contributed by atoms with Crippen LogP contribution in [0.5, 0.6) is 0 Å². The third kappa shape index (κ3) is 2.94. The van der Waals surface area contributed by atoms with E-state index in [1.807, 2.05) is 4.90 Å². The van der Waals surface area contributed by atoms with Crippen molar-refractivity contribution in [1.82, 2.24) is 4.90 Å². The summed E-state index contributed by atoms with van der Waals surface area (Å²) < 4.78 is 5.69. The van der Waals surface area contributed by atoms with Gasteiger partial charge in [0, 0.05) is 6.92 Å². The topological polar surface area (TPSA) is 29.5 Å². The number of unbranched alkanes of at least 4 members (excludes halogenated alkanes) is 2. The van der Waals surface area contributed by atoms with E-state index in [1.54, 1.807) is 6.92 Å². The first-order valence-electron chi connectivity index (χ1n) is 5.90. The molecule has 1 atom stereocenters. The number of nitrogens with zero attached hydrogens (tertiary/aromatic N) is 1. The molecular weight excluding hydrogens is 190 g/mol. The monoisotopic (exact) mass is 213 g/mol. The van der Waals surface area contributed by atoms with Gasteiger partial charge in [0.1, 0.15) is 6.23 Å². The first-order chi connectivity index (χ1) is 6.99. The molecule has 1 fully saturated rings. The highest BCUT2D eigenvalue weighted by Gasteiger charge is 2.41. The maximum absolute atomic E-state index is 11.6. The molecule has 15 heavy (non-hydrogen) atoms. The van der Waals surface area contributed by atoms with Crippen LogP contribution in [-0.4, -0.2) is 29.2 Å². The predicted molar refractivity (Wildman–Crippen MR) is 60.5 cm³/mol. The molecule has 0 N–H and O–H groups in total. The Morgan fingerprint density at radius 3 is 2.67 bits per heavy atom. The number of hydrogen-bond donors (Lipinski definition) is 0. The molecule has 0 aromatic heterocycles. The van der Waals surface area contributed by atoms with E-state index in [4.69, 9.17) is 4.74 Å². The van der Waals surface area contributed by atoms with Crippen molar-refractivity contribution in [1.29, 1.82) is 0 Å². The zero-order valence-electron chi connectivity index (χ0n) is 10.4. The number of amides is 1. The second-order valence-corrected chi connectivity index (χ2v) is 4.96. The largest absolute Gasteiger partial charge is 0.356 e. The van der Waals surface area contributed by atoms with Crippen LogP contribution in [0.3, 0.4) is 0 Å². The van der Waals surface area contributed by atoms with E-state index in [1.165, 1.54) is 12.8 Å². The molecule has 0 saturated carbocycles. The summed E-state index contributed by atoms with van der Waals surface area (Å²) in [5, 5.41) is 0. The van der Waals surface area contributed by atoms with Crippen molar-refractivity contribution in [2.45, 2.75) is 65.1 Å². The maximum atomic E-state index is 11.6. The van der Waals surface area contributed by atoms with E-state index < -0.39 is 0 Å². The Kier molecular flexibility index (Phi) is 4.14. The van der Waals surface area contributed by atoms with Gasteiger partial charge in [-0.1, -0.05) is 19.8 Å². The van der Waals surface area contributed by atoms with E-state index in [-0.39, 0.29) is 17.7 Å². The number of rotatable bonds is 4. The Labute approximate surface area is 92.8 Å². The standard InChI is InChI=1S/C12H23NO2/c1-5-6-7-8-11-13(10(2)14)12(3,4)9-15-11/h11H,5-9H2,1-4H3. The Morgan fingerprint density at radius 1 is 1.47 bits per heavy atom. The van der Waals surface area contributed by atoms with Gasteiger partial charge in [-0.3, -0.25) is 4.79 Å². The first-order valence-corrected chi connectivity index (χ1v) is 5.90. The van der Waals surface area contributed by atoms with E-state index >= 15 is 0 Å². The number of hydrogen-bond acceptors (Lipinski definition) is 2. The third-order valence-corrected chi connectivity index (χ3v) is 2.96. The molecule has 0 aliphatic carbocycles. The van der Waals surface area contributed by atoms with Crippen molar-refractivity contribution in [3.63, 3.8) is 0 Å². The van der Waals surface area contributed by atoms with Crippen LogP contribution in [0.2, 0.25) is 0 Å². The van der Waals surface area contributed by atoms with Crippen molar-refractivity contribution >= 4 is 5.91 Å². The van der Waals surface area contributed by atoms with Gasteiger partial charge in [0.05, 0.1) is 12.1 Å². The normalized spacial score (nSPS) is 24.5. The Bertz CT molecular complexity index is 226. The quantitative estimate of drug-likeness (QED) is 0.672. The lowest BCUT2D eigenvalue weighted by Gasteiger charge is -2.32. The molecule has 1 amide bonds. The van der Waals surface area contributed by atoms with E-state index in [0.29, 0.717) is 6.61 Å². The number of ether oxygens (including phenoxy) is 1. The molecule has 1 unspecified atom stereocenters. The molecule has 0 aromatic carbocycles. The van der Waals surface area contributed by atoms with Gasteiger partial charge >= 0.3 is 0 Å².